The van der Waals surface area contributed by atoms with Crippen molar-refractivity contribution in [3.8, 4) is 0 Å². The first-order chi connectivity index (χ1) is 15.1. The van der Waals surface area contributed by atoms with E-state index in [2.05, 4.69) is 5.32 Å². The summed E-state index contributed by atoms with van der Waals surface area (Å²) < 4.78 is 0. The van der Waals surface area contributed by atoms with E-state index < -0.39 is 5.60 Å². The number of fused-ring (bicyclic) bond motifs is 1. The van der Waals surface area contributed by atoms with Gasteiger partial charge < -0.3 is 15.3 Å². The van der Waals surface area contributed by atoms with E-state index in [1.807, 2.05) is 65.6 Å². The van der Waals surface area contributed by atoms with Crippen LogP contribution >= 0.6 is 0 Å². The molecule has 2 aromatic rings. The Hall–Kier alpha value is -2.66. The molecule has 0 bridgehead atoms. The van der Waals surface area contributed by atoms with Crippen LogP contribution < -0.4 is 5.32 Å². The van der Waals surface area contributed by atoms with E-state index in [9.17, 15) is 14.7 Å². The van der Waals surface area contributed by atoms with Crippen molar-refractivity contribution in [2.75, 3.05) is 19.6 Å². The van der Waals surface area contributed by atoms with Crippen LogP contribution in [0.3, 0.4) is 0 Å². The average Bonchev–Trinajstić information content (AvgIpc) is 3.22. The summed E-state index contributed by atoms with van der Waals surface area (Å²) in [5, 5.41) is 14.6. The molecule has 3 aliphatic rings. The van der Waals surface area contributed by atoms with Crippen LogP contribution in [-0.2, 0) is 10.4 Å². The molecule has 1 aliphatic heterocycles. The summed E-state index contributed by atoms with van der Waals surface area (Å²) in [7, 11) is 0. The number of carbonyl (C=O) groups excluding carboxylic acids is 2. The normalized spacial score (nSPS) is 26.9. The van der Waals surface area contributed by atoms with Gasteiger partial charge in [0.1, 0.15) is 0 Å². The van der Waals surface area contributed by atoms with Crippen LogP contribution in [0.4, 0.5) is 0 Å². The minimum absolute atomic E-state index is 0.0346. The molecule has 2 saturated carbocycles. The van der Waals surface area contributed by atoms with Crippen molar-refractivity contribution in [2.45, 2.75) is 31.3 Å². The number of rotatable bonds is 6. The number of nitrogens with zero attached hydrogens (tertiary/aromatic N) is 1. The van der Waals surface area contributed by atoms with Crippen molar-refractivity contribution in [3.63, 3.8) is 0 Å². The molecule has 1 heterocycles. The fraction of sp³-hybridized carbons (Fsp3) is 0.462. The zero-order chi connectivity index (χ0) is 21.4. The molecule has 5 heteroatoms. The minimum Gasteiger partial charge on any atom is -0.375 e. The van der Waals surface area contributed by atoms with Crippen molar-refractivity contribution in [1.82, 2.24) is 10.2 Å². The number of benzene rings is 2. The first-order valence-electron chi connectivity index (χ1n) is 11.5. The van der Waals surface area contributed by atoms with Crippen molar-refractivity contribution in [2.24, 2.45) is 23.7 Å². The molecule has 0 aromatic heterocycles. The molecule has 2 N–H and O–H groups in total. The van der Waals surface area contributed by atoms with E-state index in [4.69, 9.17) is 0 Å². The number of carbonyl (C=O) groups is 2. The van der Waals surface area contributed by atoms with Gasteiger partial charge in [0.05, 0.1) is 0 Å². The molecular formula is C26H30N2O3. The van der Waals surface area contributed by atoms with E-state index in [-0.39, 0.29) is 17.7 Å². The molecule has 3 unspecified atom stereocenters. The van der Waals surface area contributed by atoms with Gasteiger partial charge in [0, 0.05) is 31.1 Å². The number of piperidine rings is 1. The molecule has 3 fully saturated rings. The quantitative estimate of drug-likeness (QED) is 0.757. The van der Waals surface area contributed by atoms with Crippen LogP contribution in [0.2, 0.25) is 0 Å². The molecule has 0 spiro atoms. The highest BCUT2D eigenvalue weighted by Crippen LogP contribution is 2.51. The summed E-state index contributed by atoms with van der Waals surface area (Å²) in [6.45, 7) is 2.08. The zero-order valence-electron chi connectivity index (χ0n) is 17.7. The van der Waals surface area contributed by atoms with Gasteiger partial charge in [-0.05, 0) is 48.3 Å². The van der Waals surface area contributed by atoms with E-state index in [1.54, 1.807) is 0 Å². The molecule has 0 radical (unpaired) electrons. The Morgan fingerprint density at radius 2 is 1.52 bits per heavy atom. The zero-order valence-corrected chi connectivity index (χ0v) is 17.7. The third-order valence-electron chi connectivity index (χ3n) is 7.68. The SMILES string of the molecule is O=C(c1ccccc1)N1CC2C(CNC(=O)C(O)(c3ccccc3)C3CCCC3)[C@H]2C1. The van der Waals surface area contributed by atoms with Gasteiger partial charge in [-0.15, -0.1) is 0 Å². The fourth-order valence-electron chi connectivity index (χ4n) is 5.81. The van der Waals surface area contributed by atoms with Gasteiger partial charge in [0.2, 0.25) is 0 Å². The van der Waals surface area contributed by atoms with Crippen molar-refractivity contribution in [1.29, 1.82) is 0 Å². The van der Waals surface area contributed by atoms with Gasteiger partial charge in [0.25, 0.3) is 11.8 Å². The smallest absolute Gasteiger partial charge is 0.256 e. The Morgan fingerprint density at radius 1 is 0.935 bits per heavy atom. The Bertz CT molecular complexity index is 930. The molecule has 1 saturated heterocycles. The van der Waals surface area contributed by atoms with E-state index in [0.717, 1.165) is 44.3 Å². The van der Waals surface area contributed by atoms with E-state index in [1.165, 1.54) is 0 Å². The molecule has 2 amide bonds. The van der Waals surface area contributed by atoms with Gasteiger partial charge in [0.15, 0.2) is 5.60 Å². The average molecular weight is 419 g/mol. The molecule has 2 aromatic carbocycles. The third-order valence-corrected chi connectivity index (χ3v) is 7.68. The molecule has 31 heavy (non-hydrogen) atoms. The Kier molecular flexibility index (Phi) is 5.30. The highest BCUT2D eigenvalue weighted by atomic mass is 16.3. The van der Waals surface area contributed by atoms with E-state index in [0.29, 0.717) is 29.9 Å². The van der Waals surface area contributed by atoms with Crippen LogP contribution in [-0.4, -0.2) is 41.5 Å². The predicted molar refractivity (Wildman–Crippen MR) is 118 cm³/mol. The van der Waals surface area contributed by atoms with Crippen LogP contribution in [0.5, 0.6) is 0 Å². The molecule has 162 valence electrons. The van der Waals surface area contributed by atoms with Crippen molar-refractivity contribution >= 4 is 11.8 Å². The molecule has 5 rings (SSSR count). The Labute approximate surface area is 183 Å². The predicted octanol–water partition coefficient (Wildman–Crippen LogP) is 3.20. The summed E-state index contributed by atoms with van der Waals surface area (Å²) >= 11 is 0. The maximum atomic E-state index is 13.2. The fourth-order valence-corrected chi connectivity index (χ4v) is 5.81. The third kappa shape index (κ3) is 3.65. The van der Waals surface area contributed by atoms with Crippen LogP contribution in [0.1, 0.15) is 41.6 Å². The van der Waals surface area contributed by atoms with Gasteiger partial charge in [-0.3, -0.25) is 9.59 Å². The van der Waals surface area contributed by atoms with Gasteiger partial charge in [-0.25, -0.2) is 0 Å². The second kappa shape index (κ2) is 8.12. The van der Waals surface area contributed by atoms with Gasteiger partial charge in [-0.1, -0.05) is 61.4 Å². The first kappa shape index (κ1) is 20.3. The number of likely N-dealkylation sites (tertiary alicyclic amines) is 1. The number of nitrogens with one attached hydrogen (secondary N) is 1. The minimum atomic E-state index is -1.46. The van der Waals surface area contributed by atoms with Crippen LogP contribution in [0.15, 0.2) is 60.7 Å². The summed E-state index contributed by atoms with van der Waals surface area (Å²) in [4.78, 5) is 27.8. The molecule has 5 nitrogen and oxygen atoms in total. The standard InChI is InChI=1S/C26H30N2O3/c29-24(18-9-3-1-4-10-18)28-16-22-21(23(22)17-28)15-27-25(30)26(31,20-13-7-8-14-20)19-11-5-2-6-12-19/h1-6,9-12,20-23,31H,7-8,13-17H2,(H,27,30)/t21?,22-,23?,26?/m1/s1. The summed E-state index contributed by atoms with van der Waals surface area (Å²) in [6, 6.07) is 18.8. The van der Waals surface area contributed by atoms with Gasteiger partial charge in [-0.2, -0.15) is 0 Å². The topological polar surface area (TPSA) is 69.6 Å². The summed E-state index contributed by atoms with van der Waals surface area (Å²) in [6.07, 6.45) is 3.88. The lowest BCUT2D eigenvalue weighted by Gasteiger charge is -2.33. The van der Waals surface area contributed by atoms with Crippen LogP contribution in [0.25, 0.3) is 0 Å². The molecular weight excluding hydrogens is 388 g/mol. The van der Waals surface area contributed by atoms with E-state index >= 15 is 0 Å². The van der Waals surface area contributed by atoms with Crippen LogP contribution in [0, 0.1) is 23.7 Å². The summed E-state index contributed by atoms with van der Waals surface area (Å²) in [5.41, 5.74) is -0.0370. The largest absolute Gasteiger partial charge is 0.375 e. The second-order valence-corrected chi connectivity index (χ2v) is 9.39. The maximum absolute atomic E-state index is 13.2. The molecule has 2 aliphatic carbocycles. The number of hydrogen-bond donors (Lipinski definition) is 2. The Balaban J connectivity index is 1.19. The number of amides is 2. The lowest BCUT2D eigenvalue weighted by Crippen LogP contribution is -2.49. The lowest BCUT2D eigenvalue weighted by atomic mass is 9.79. The van der Waals surface area contributed by atoms with Crippen molar-refractivity contribution < 1.29 is 14.7 Å². The van der Waals surface area contributed by atoms with Crippen molar-refractivity contribution in [3.05, 3.63) is 71.8 Å². The number of aliphatic hydroxyl groups is 1. The highest BCUT2D eigenvalue weighted by molar-refractivity contribution is 5.94. The summed E-state index contributed by atoms with van der Waals surface area (Å²) in [5.74, 6) is 1.08. The van der Waals surface area contributed by atoms with Gasteiger partial charge >= 0.3 is 0 Å². The highest BCUT2D eigenvalue weighted by Gasteiger charge is 2.57. The Morgan fingerprint density at radius 3 is 2.13 bits per heavy atom. The second-order valence-electron chi connectivity index (χ2n) is 9.39. The lowest BCUT2D eigenvalue weighted by molar-refractivity contribution is -0.147. The maximum Gasteiger partial charge on any atom is 0.256 e. The number of hydrogen-bond acceptors (Lipinski definition) is 3. The molecule has 4 atom stereocenters. The first-order valence-corrected chi connectivity index (χ1v) is 11.5. The monoisotopic (exact) mass is 418 g/mol.